The number of nitro groups is 1. The molecule has 0 aliphatic carbocycles. The van der Waals surface area contributed by atoms with Crippen LogP contribution in [-0.2, 0) is 9.53 Å². The predicted octanol–water partition coefficient (Wildman–Crippen LogP) is 4.15. The number of hydrogen-bond donors (Lipinski definition) is 0. The van der Waals surface area contributed by atoms with Crippen LogP contribution in [0.25, 0.3) is 0 Å². The van der Waals surface area contributed by atoms with E-state index in [4.69, 9.17) is 32.7 Å². The van der Waals surface area contributed by atoms with Crippen LogP contribution in [0.1, 0.15) is 24.3 Å². The SMILES string of the molecule is COc1c(Cl)cc(Cl)cc1C1=NN(C(C)=O)[C@H](c2ccc([N+](=O)[O-])cc2)O1. The monoisotopic (exact) mass is 409 g/mol. The second-order valence-corrected chi connectivity index (χ2v) is 6.40. The molecule has 0 fully saturated rings. The average molecular weight is 410 g/mol. The highest BCUT2D eigenvalue weighted by molar-refractivity contribution is 6.36. The van der Waals surface area contributed by atoms with Crippen molar-refractivity contribution in [3.05, 3.63) is 67.7 Å². The molecule has 0 N–H and O–H groups in total. The van der Waals surface area contributed by atoms with Gasteiger partial charge in [-0.2, -0.15) is 5.01 Å². The van der Waals surface area contributed by atoms with Crippen molar-refractivity contribution < 1.29 is 19.2 Å². The van der Waals surface area contributed by atoms with Gasteiger partial charge in [-0.15, -0.1) is 5.10 Å². The fraction of sp³-hybridized carbons (Fsp3) is 0.176. The summed E-state index contributed by atoms with van der Waals surface area (Å²) in [4.78, 5) is 22.3. The zero-order chi connectivity index (χ0) is 19.7. The fourth-order valence-electron chi connectivity index (χ4n) is 2.58. The summed E-state index contributed by atoms with van der Waals surface area (Å²) in [6, 6.07) is 8.72. The summed E-state index contributed by atoms with van der Waals surface area (Å²) in [5, 5.41) is 16.8. The van der Waals surface area contributed by atoms with Gasteiger partial charge in [0, 0.05) is 29.6 Å². The second kappa shape index (κ2) is 7.42. The Labute approximate surface area is 164 Å². The Morgan fingerprint density at radius 3 is 2.52 bits per heavy atom. The van der Waals surface area contributed by atoms with Crippen molar-refractivity contribution in [2.45, 2.75) is 13.2 Å². The first kappa shape index (κ1) is 18.9. The van der Waals surface area contributed by atoms with E-state index in [2.05, 4.69) is 5.10 Å². The first-order valence-corrected chi connectivity index (χ1v) is 8.40. The Morgan fingerprint density at radius 2 is 1.96 bits per heavy atom. The molecule has 1 amide bonds. The Bertz CT molecular complexity index is 946. The molecule has 0 radical (unpaired) electrons. The Kier molecular flexibility index (Phi) is 5.20. The van der Waals surface area contributed by atoms with Gasteiger partial charge >= 0.3 is 0 Å². The lowest BCUT2D eigenvalue weighted by Crippen LogP contribution is -2.25. The summed E-state index contributed by atoms with van der Waals surface area (Å²) in [6.45, 7) is 1.33. The maximum Gasteiger partial charge on any atom is 0.269 e. The number of hydrogen-bond acceptors (Lipinski definition) is 6. The van der Waals surface area contributed by atoms with Crippen LogP contribution in [0.3, 0.4) is 0 Å². The van der Waals surface area contributed by atoms with E-state index in [1.165, 1.54) is 44.4 Å². The third-order valence-electron chi connectivity index (χ3n) is 3.80. The maximum absolute atomic E-state index is 12.0. The van der Waals surface area contributed by atoms with Gasteiger partial charge in [-0.05, 0) is 24.3 Å². The molecule has 0 aromatic heterocycles. The average Bonchev–Trinajstić information content (AvgIpc) is 3.06. The minimum Gasteiger partial charge on any atom is -0.494 e. The molecule has 8 nitrogen and oxygen atoms in total. The Balaban J connectivity index is 2.00. The number of methoxy groups -OCH3 is 1. The minimum atomic E-state index is -0.888. The predicted molar refractivity (Wildman–Crippen MR) is 99.0 cm³/mol. The number of rotatable bonds is 4. The van der Waals surface area contributed by atoms with E-state index in [0.717, 1.165) is 5.01 Å². The number of halogens is 2. The first-order chi connectivity index (χ1) is 12.8. The van der Waals surface area contributed by atoms with Gasteiger partial charge in [-0.25, -0.2) is 0 Å². The molecular formula is C17H13Cl2N3O5. The van der Waals surface area contributed by atoms with Gasteiger partial charge in [-0.1, -0.05) is 23.2 Å². The van der Waals surface area contributed by atoms with Gasteiger partial charge in [0.2, 0.25) is 18.0 Å². The van der Waals surface area contributed by atoms with Crippen LogP contribution in [0.4, 0.5) is 5.69 Å². The summed E-state index contributed by atoms with van der Waals surface area (Å²) in [6.07, 6.45) is -0.888. The van der Waals surface area contributed by atoms with E-state index < -0.39 is 11.2 Å². The lowest BCUT2D eigenvalue weighted by molar-refractivity contribution is -0.384. The molecule has 27 heavy (non-hydrogen) atoms. The third kappa shape index (κ3) is 3.67. The molecule has 1 aliphatic heterocycles. The fourth-order valence-corrected chi connectivity index (χ4v) is 3.15. The van der Waals surface area contributed by atoms with E-state index in [-0.39, 0.29) is 22.5 Å². The molecule has 1 atom stereocenters. The van der Waals surface area contributed by atoms with Crippen molar-refractivity contribution >= 4 is 40.7 Å². The van der Waals surface area contributed by atoms with Crippen molar-refractivity contribution in [1.82, 2.24) is 5.01 Å². The quantitative estimate of drug-likeness (QED) is 0.558. The van der Waals surface area contributed by atoms with Crippen molar-refractivity contribution in [3.63, 3.8) is 0 Å². The van der Waals surface area contributed by atoms with Crippen LogP contribution in [0.15, 0.2) is 41.5 Å². The van der Waals surface area contributed by atoms with Gasteiger partial charge < -0.3 is 9.47 Å². The molecule has 3 rings (SSSR count). The van der Waals surface area contributed by atoms with E-state index in [1.54, 1.807) is 6.07 Å². The maximum atomic E-state index is 12.0. The van der Waals surface area contributed by atoms with Crippen LogP contribution in [-0.4, -0.2) is 28.8 Å². The van der Waals surface area contributed by atoms with Crippen molar-refractivity contribution in [1.29, 1.82) is 0 Å². The van der Waals surface area contributed by atoms with Crippen LogP contribution in [0, 0.1) is 10.1 Å². The van der Waals surface area contributed by atoms with Crippen LogP contribution in [0.2, 0.25) is 10.0 Å². The first-order valence-electron chi connectivity index (χ1n) is 7.64. The summed E-state index contributed by atoms with van der Waals surface area (Å²) in [7, 11) is 1.44. The summed E-state index contributed by atoms with van der Waals surface area (Å²) in [5.74, 6) is 0.0166. The lowest BCUT2D eigenvalue weighted by Gasteiger charge is -2.19. The largest absolute Gasteiger partial charge is 0.494 e. The number of benzene rings is 2. The van der Waals surface area contributed by atoms with Crippen molar-refractivity contribution in [2.24, 2.45) is 5.10 Å². The number of nitrogens with zero attached hydrogens (tertiary/aromatic N) is 3. The summed E-state index contributed by atoms with van der Waals surface area (Å²) < 4.78 is 11.1. The molecule has 1 heterocycles. The van der Waals surface area contributed by atoms with Gasteiger partial charge in [-0.3, -0.25) is 14.9 Å². The highest BCUT2D eigenvalue weighted by Gasteiger charge is 2.35. The highest BCUT2D eigenvalue weighted by Crippen LogP contribution is 2.37. The van der Waals surface area contributed by atoms with Gasteiger partial charge in [0.05, 0.1) is 22.6 Å². The van der Waals surface area contributed by atoms with E-state index in [9.17, 15) is 14.9 Å². The highest BCUT2D eigenvalue weighted by atomic mass is 35.5. The number of hydrazone groups is 1. The Hall–Kier alpha value is -2.84. The number of amides is 1. The molecule has 0 saturated heterocycles. The molecule has 1 aliphatic rings. The van der Waals surface area contributed by atoms with Gasteiger partial charge in [0.15, 0.2) is 0 Å². The minimum absolute atomic E-state index is 0.0736. The van der Waals surface area contributed by atoms with Gasteiger partial charge in [0.25, 0.3) is 5.69 Å². The lowest BCUT2D eigenvalue weighted by atomic mass is 10.1. The zero-order valence-corrected chi connectivity index (χ0v) is 15.7. The molecule has 0 spiro atoms. The molecule has 2 aromatic carbocycles. The molecule has 140 valence electrons. The Morgan fingerprint density at radius 1 is 1.30 bits per heavy atom. The number of nitro benzene ring substituents is 1. The topological polar surface area (TPSA) is 94.3 Å². The number of carbonyl (C=O) groups is 1. The number of non-ortho nitro benzene ring substituents is 1. The van der Waals surface area contributed by atoms with Crippen LogP contribution < -0.4 is 4.74 Å². The molecular weight excluding hydrogens is 397 g/mol. The molecule has 0 bridgehead atoms. The van der Waals surface area contributed by atoms with Crippen molar-refractivity contribution in [2.75, 3.05) is 7.11 Å². The second-order valence-electron chi connectivity index (χ2n) is 5.56. The third-order valence-corrected chi connectivity index (χ3v) is 4.30. The normalized spacial score (nSPS) is 15.9. The van der Waals surface area contributed by atoms with Gasteiger partial charge in [0.1, 0.15) is 5.75 Å². The smallest absolute Gasteiger partial charge is 0.269 e. The molecule has 0 saturated carbocycles. The molecule has 2 aromatic rings. The standard InChI is InChI=1S/C17H13Cl2N3O5/c1-9(23)21-17(10-3-5-12(6-4-10)22(24)25)27-16(20-21)13-7-11(18)8-14(19)15(13)26-2/h3-8,17H,1-2H3/t17-/m0/s1. The van der Waals surface area contributed by atoms with E-state index in [0.29, 0.717) is 21.9 Å². The van der Waals surface area contributed by atoms with E-state index in [1.807, 2.05) is 0 Å². The number of ether oxygens (including phenoxy) is 2. The van der Waals surface area contributed by atoms with Crippen molar-refractivity contribution in [3.8, 4) is 5.75 Å². The number of carbonyl (C=O) groups excluding carboxylic acids is 1. The van der Waals surface area contributed by atoms with E-state index >= 15 is 0 Å². The van der Waals surface area contributed by atoms with Crippen LogP contribution >= 0.6 is 23.2 Å². The summed E-state index contributed by atoms with van der Waals surface area (Å²) >= 11 is 12.2. The van der Waals surface area contributed by atoms with Crippen LogP contribution in [0.5, 0.6) is 5.75 Å². The zero-order valence-electron chi connectivity index (χ0n) is 14.2. The molecule has 10 heteroatoms. The molecule has 0 unspecified atom stereocenters. The summed E-state index contributed by atoms with van der Waals surface area (Å²) in [5.41, 5.74) is 0.822.